The molecule has 0 unspecified atom stereocenters. The van der Waals surface area contributed by atoms with Crippen molar-refractivity contribution in [3.8, 4) is 0 Å². The van der Waals surface area contributed by atoms with Crippen LogP contribution in [0.15, 0.2) is 46.9 Å². The van der Waals surface area contributed by atoms with Gasteiger partial charge in [-0.25, -0.2) is 4.79 Å². The van der Waals surface area contributed by atoms with Crippen LogP contribution in [-0.2, 0) is 16.2 Å². The van der Waals surface area contributed by atoms with Gasteiger partial charge in [-0.3, -0.25) is 4.79 Å². The van der Waals surface area contributed by atoms with Gasteiger partial charge in [0.05, 0.1) is 18.8 Å². The van der Waals surface area contributed by atoms with Gasteiger partial charge in [0.15, 0.2) is 0 Å². The molecule has 2 heterocycles. The van der Waals surface area contributed by atoms with Crippen LogP contribution in [0, 0.1) is 6.92 Å². The molecule has 1 atom stereocenters. The number of likely N-dealkylation sites (tertiary alicyclic amines) is 1. The lowest BCUT2D eigenvalue weighted by Crippen LogP contribution is -2.47. The molecule has 8 heteroatoms. The lowest BCUT2D eigenvalue weighted by atomic mass is 10.2. The van der Waals surface area contributed by atoms with Gasteiger partial charge in [0.2, 0.25) is 5.91 Å². The number of urea groups is 1. The van der Waals surface area contributed by atoms with Crippen molar-refractivity contribution >= 4 is 34.7 Å². The number of thiophene rings is 1. The number of hydrogen-bond donors (Lipinski definition) is 2. The minimum atomic E-state index is -0.622. The Kier molecular flexibility index (Phi) is 6.08. The molecule has 2 aromatic rings. The van der Waals surface area contributed by atoms with Crippen molar-refractivity contribution in [2.24, 2.45) is 5.16 Å². The quantitative estimate of drug-likeness (QED) is 0.775. The average Bonchev–Trinajstić information content (AvgIpc) is 3.30. The zero-order valence-electron chi connectivity index (χ0n) is 15.3. The number of nitrogens with one attached hydrogen (secondary N) is 2. The highest BCUT2D eigenvalue weighted by molar-refractivity contribution is 7.09. The van der Waals surface area contributed by atoms with Gasteiger partial charge in [0.25, 0.3) is 0 Å². The first-order valence-electron chi connectivity index (χ1n) is 8.60. The maximum atomic E-state index is 12.8. The van der Waals surface area contributed by atoms with Crippen molar-refractivity contribution in [2.45, 2.75) is 25.9 Å². The highest BCUT2D eigenvalue weighted by Crippen LogP contribution is 2.19. The number of aryl methyl sites for hydroxylation is 1. The standard InChI is InChI=1S/C19H22N4O3S/c1-13-5-3-6-14(9-13)21-19(25)23-12-15(22-26-2)10-17(23)18(24)20-11-16-7-4-8-27-16/h3-9,17H,10-12H2,1-2H3,(H,20,24)(H,21,25)/t17-/m0/s1. The van der Waals surface area contributed by atoms with Crippen LogP contribution in [0.3, 0.4) is 0 Å². The summed E-state index contributed by atoms with van der Waals surface area (Å²) in [5.74, 6) is -0.205. The van der Waals surface area contributed by atoms with Crippen molar-refractivity contribution in [3.63, 3.8) is 0 Å². The molecule has 2 N–H and O–H groups in total. The Morgan fingerprint density at radius 2 is 2.19 bits per heavy atom. The second-order valence-electron chi connectivity index (χ2n) is 6.28. The van der Waals surface area contributed by atoms with Gasteiger partial charge in [-0.1, -0.05) is 23.4 Å². The highest BCUT2D eigenvalue weighted by atomic mass is 32.1. The predicted molar refractivity (Wildman–Crippen MR) is 106 cm³/mol. The summed E-state index contributed by atoms with van der Waals surface area (Å²) < 4.78 is 0. The SMILES string of the molecule is CON=C1C[C@@H](C(=O)NCc2cccs2)N(C(=O)Nc2cccc(C)c2)C1. The van der Waals surface area contributed by atoms with Crippen molar-refractivity contribution in [1.82, 2.24) is 10.2 Å². The van der Waals surface area contributed by atoms with E-state index in [1.165, 1.54) is 12.0 Å². The summed E-state index contributed by atoms with van der Waals surface area (Å²) in [4.78, 5) is 32.8. The summed E-state index contributed by atoms with van der Waals surface area (Å²) in [6.07, 6.45) is 0.353. The van der Waals surface area contributed by atoms with E-state index in [9.17, 15) is 9.59 Å². The van der Waals surface area contributed by atoms with Crippen LogP contribution < -0.4 is 10.6 Å². The summed E-state index contributed by atoms with van der Waals surface area (Å²) in [5.41, 5.74) is 2.39. The van der Waals surface area contributed by atoms with E-state index in [0.29, 0.717) is 24.4 Å². The van der Waals surface area contributed by atoms with Gasteiger partial charge in [-0.2, -0.15) is 0 Å². The number of rotatable bonds is 5. The molecule has 3 rings (SSSR count). The summed E-state index contributed by atoms with van der Waals surface area (Å²) in [6, 6.07) is 10.5. The van der Waals surface area contributed by atoms with Crippen LogP contribution in [0.1, 0.15) is 16.9 Å². The molecule has 0 bridgehead atoms. The molecule has 7 nitrogen and oxygen atoms in total. The lowest BCUT2D eigenvalue weighted by molar-refractivity contribution is -0.124. The molecular formula is C19H22N4O3S. The number of anilines is 1. The number of amides is 3. The van der Waals surface area contributed by atoms with E-state index in [1.54, 1.807) is 11.3 Å². The number of hydrogen-bond acceptors (Lipinski definition) is 5. The Balaban J connectivity index is 1.70. The van der Waals surface area contributed by atoms with Gasteiger partial charge in [-0.05, 0) is 36.1 Å². The molecule has 1 aliphatic heterocycles. The van der Waals surface area contributed by atoms with Crippen LogP contribution >= 0.6 is 11.3 Å². The van der Waals surface area contributed by atoms with E-state index in [1.807, 2.05) is 48.7 Å². The van der Waals surface area contributed by atoms with E-state index in [0.717, 1.165) is 10.4 Å². The first kappa shape index (κ1) is 18.9. The van der Waals surface area contributed by atoms with E-state index < -0.39 is 6.04 Å². The minimum absolute atomic E-state index is 0.205. The number of oxime groups is 1. The Hall–Kier alpha value is -2.87. The number of nitrogens with zero attached hydrogens (tertiary/aromatic N) is 2. The molecule has 0 spiro atoms. The normalized spacial score (nSPS) is 17.8. The molecule has 1 fully saturated rings. The fraction of sp³-hybridized carbons (Fsp3) is 0.316. The van der Waals surface area contributed by atoms with Crippen LogP contribution in [0.5, 0.6) is 0 Å². The molecule has 27 heavy (non-hydrogen) atoms. The largest absolute Gasteiger partial charge is 0.399 e. The monoisotopic (exact) mass is 386 g/mol. The third-order valence-electron chi connectivity index (χ3n) is 4.23. The number of carbonyl (C=O) groups is 2. The van der Waals surface area contributed by atoms with Gasteiger partial charge in [0.1, 0.15) is 13.2 Å². The van der Waals surface area contributed by atoms with Gasteiger partial charge in [-0.15, -0.1) is 11.3 Å². The first-order chi connectivity index (χ1) is 13.1. The molecule has 1 saturated heterocycles. The number of benzene rings is 1. The lowest BCUT2D eigenvalue weighted by Gasteiger charge is -2.23. The fourth-order valence-corrected chi connectivity index (χ4v) is 3.62. The minimum Gasteiger partial charge on any atom is -0.399 e. The first-order valence-corrected chi connectivity index (χ1v) is 9.48. The Bertz CT molecular complexity index is 835. The maximum Gasteiger partial charge on any atom is 0.322 e. The third-order valence-corrected chi connectivity index (χ3v) is 5.10. The van der Waals surface area contributed by atoms with E-state index in [-0.39, 0.29) is 18.5 Å². The summed E-state index contributed by atoms with van der Waals surface area (Å²) >= 11 is 1.57. The number of carbonyl (C=O) groups excluding carboxylic acids is 2. The summed E-state index contributed by atoms with van der Waals surface area (Å²) in [5, 5.41) is 11.7. The van der Waals surface area contributed by atoms with Gasteiger partial charge < -0.3 is 20.4 Å². The zero-order valence-corrected chi connectivity index (χ0v) is 16.1. The van der Waals surface area contributed by atoms with Gasteiger partial charge >= 0.3 is 6.03 Å². The van der Waals surface area contributed by atoms with E-state index in [2.05, 4.69) is 15.8 Å². The van der Waals surface area contributed by atoms with Crippen LogP contribution in [-0.4, -0.2) is 42.2 Å². The van der Waals surface area contributed by atoms with Crippen LogP contribution in [0.25, 0.3) is 0 Å². The summed E-state index contributed by atoms with van der Waals surface area (Å²) in [7, 11) is 1.45. The molecular weight excluding hydrogens is 364 g/mol. The molecule has 0 saturated carbocycles. The Morgan fingerprint density at radius 3 is 2.89 bits per heavy atom. The Morgan fingerprint density at radius 1 is 1.33 bits per heavy atom. The van der Waals surface area contributed by atoms with Crippen molar-refractivity contribution in [1.29, 1.82) is 0 Å². The second kappa shape index (κ2) is 8.68. The van der Waals surface area contributed by atoms with Crippen molar-refractivity contribution < 1.29 is 14.4 Å². The van der Waals surface area contributed by atoms with E-state index in [4.69, 9.17) is 4.84 Å². The summed E-state index contributed by atoms with van der Waals surface area (Å²) in [6.45, 7) is 2.65. The van der Waals surface area contributed by atoms with Crippen LogP contribution in [0.2, 0.25) is 0 Å². The molecule has 1 aromatic heterocycles. The molecule has 0 radical (unpaired) electrons. The molecule has 1 aromatic carbocycles. The van der Waals surface area contributed by atoms with E-state index >= 15 is 0 Å². The van der Waals surface area contributed by atoms with Crippen LogP contribution in [0.4, 0.5) is 10.5 Å². The molecule has 1 aliphatic rings. The van der Waals surface area contributed by atoms with Crippen molar-refractivity contribution in [2.75, 3.05) is 19.0 Å². The second-order valence-corrected chi connectivity index (χ2v) is 7.32. The molecule has 142 valence electrons. The Labute approximate surface area is 162 Å². The smallest absolute Gasteiger partial charge is 0.322 e. The molecule has 0 aliphatic carbocycles. The molecule has 3 amide bonds. The van der Waals surface area contributed by atoms with Crippen molar-refractivity contribution in [3.05, 3.63) is 52.2 Å². The fourth-order valence-electron chi connectivity index (χ4n) is 2.97. The van der Waals surface area contributed by atoms with Gasteiger partial charge in [0, 0.05) is 17.0 Å². The topological polar surface area (TPSA) is 83.0 Å². The average molecular weight is 386 g/mol. The third kappa shape index (κ3) is 4.85. The zero-order chi connectivity index (χ0) is 19.2. The maximum absolute atomic E-state index is 12.8. The highest BCUT2D eigenvalue weighted by Gasteiger charge is 2.38. The predicted octanol–water partition coefficient (Wildman–Crippen LogP) is 2.98.